The van der Waals surface area contributed by atoms with Crippen molar-refractivity contribution in [1.29, 1.82) is 0 Å². The zero-order valence-corrected chi connectivity index (χ0v) is 7.11. The quantitative estimate of drug-likeness (QED) is 0.458. The average Bonchev–Trinajstić information content (AvgIpc) is 1.80. The van der Waals surface area contributed by atoms with Crippen LogP contribution in [0.5, 0.6) is 0 Å². The predicted octanol–water partition coefficient (Wildman–Crippen LogP) is 1.09. The van der Waals surface area contributed by atoms with Crippen molar-refractivity contribution in [2.45, 2.75) is 35.8 Å². The van der Waals surface area contributed by atoms with Gasteiger partial charge in [-0.25, -0.2) is 0 Å². The minimum atomic E-state index is 0.268. The summed E-state index contributed by atoms with van der Waals surface area (Å²) in [6.07, 6.45) is 3.32. The molecule has 0 spiro atoms. The van der Waals surface area contributed by atoms with Crippen LogP contribution >= 0.6 is 25.3 Å². The topological polar surface area (TPSA) is 26.0 Å². The monoisotopic (exact) mass is 163 g/mol. The summed E-state index contributed by atoms with van der Waals surface area (Å²) in [4.78, 5) is 0. The van der Waals surface area contributed by atoms with E-state index in [1.54, 1.807) is 0 Å². The minimum Gasteiger partial charge on any atom is -0.327 e. The molecule has 0 bridgehead atoms. The first-order chi connectivity index (χ1) is 4.20. The van der Waals surface area contributed by atoms with E-state index in [-0.39, 0.29) is 6.04 Å². The Balaban J connectivity index is 2.35. The third-order valence-corrected chi connectivity index (χ3v) is 2.94. The normalized spacial score (nSPS) is 45.0. The third kappa shape index (κ3) is 2.06. The fourth-order valence-corrected chi connectivity index (χ4v) is 1.83. The van der Waals surface area contributed by atoms with Crippen LogP contribution in [-0.4, -0.2) is 16.5 Å². The molecule has 1 saturated carbocycles. The van der Waals surface area contributed by atoms with Crippen molar-refractivity contribution in [3.8, 4) is 0 Å². The highest BCUT2D eigenvalue weighted by Crippen LogP contribution is 2.24. The molecule has 1 rings (SSSR count). The van der Waals surface area contributed by atoms with E-state index in [2.05, 4.69) is 25.3 Å². The van der Waals surface area contributed by atoms with Gasteiger partial charge in [-0.1, -0.05) is 0 Å². The van der Waals surface area contributed by atoms with Gasteiger partial charge in [-0.3, -0.25) is 0 Å². The van der Waals surface area contributed by atoms with Crippen LogP contribution in [0.3, 0.4) is 0 Å². The van der Waals surface area contributed by atoms with Crippen LogP contribution in [0, 0.1) is 0 Å². The number of hydrogen-bond donors (Lipinski definition) is 3. The molecule has 0 aliphatic heterocycles. The summed E-state index contributed by atoms with van der Waals surface area (Å²) in [5.74, 6) is 0. The van der Waals surface area contributed by atoms with Crippen LogP contribution < -0.4 is 5.73 Å². The van der Waals surface area contributed by atoms with Gasteiger partial charge in [-0.15, -0.1) is 0 Å². The highest BCUT2D eigenvalue weighted by molar-refractivity contribution is 7.81. The molecule has 0 aromatic carbocycles. The maximum atomic E-state index is 5.74. The lowest BCUT2D eigenvalue weighted by Gasteiger charge is -2.28. The standard InChI is InChI=1S/C6H13NS2/c7-5-3-4(8)1-2-6(5)9/h4-6,8-9H,1-3,7H2. The van der Waals surface area contributed by atoms with Gasteiger partial charge < -0.3 is 5.73 Å². The molecular formula is C6H13NS2. The highest BCUT2D eigenvalue weighted by atomic mass is 32.1. The Labute approximate surface area is 67.2 Å². The lowest BCUT2D eigenvalue weighted by Crippen LogP contribution is -2.37. The molecule has 1 aliphatic rings. The fourth-order valence-electron chi connectivity index (χ4n) is 1.17. The summed E-state index contributed by atoms with van der Waals surface area (Å²) >= 11 is 8.69. The lowest BCUT2D eigenvalue weighted by molar-refractivity contribution is 0.467. The largest absolute Gasteiger partial charge is 0.327 e. The van der Waals surface area contributed by atoms with Gasteiger partial charge in [-0.05, 0) is 19.3 Å². The predicted molar refractivity (Wildman–Crippen MR) is 47.4 cm³/mol. The summed E-state index contributed by atoms with van der Waals surface area (Å²) in [6.45, 7) is 0. The summed E-state index contributed by atoms with van der Waals surface area (Å²) in [6, 6.07) is 0.268. The van der Waals surface area contributed by atoms with Gasteiger partial charge in [0.15, 0.2) is 0 Å². The van der Waals surface area contributed by atoms with Crippen LogP contribution in [-0.2, 0) is 0 Å². The van der Waals surface area contributed by atoms with E-state index in [4.69, 9.17) is 5.73 Å². The van der Waals surface area contributed by atoms with Gasteiger partial charge in [0, 0.05) is 16.5 Å². The average molecular weight is 163 g/mol. The summed E-state index contributed by atoms with van der Waals surface area (Å²) in [7, 11) is 0. The minimum absolute atomic E-state index is 0.268. The molecule has 54 valence electrons. The third-order valence-electron chi connectivity index (χ3n) is 1.83. The maximum Gasteiger partial charge on any atom is 0.0169 e. The lowest BCUT2D eigenvalue weighted by atomic mass is 9.95. The Morgan fingerprint density at radius 1 is 1.22 bits per heavy atom. The Morgan fingerprint density at radius 2 is 1.89 bits per heavy atom. The van der Waals surface area contributed by atoms with Gasteiger partial charge >= 0.3 is 0 Å². The van der Waals surface area contributed by atoms with Gasteiger partial charge in [-0.2, -0.15) is 25.3 Å². The molecule has 0 heterocycles. The summed E-state index contributed by atoms with van der Waals surface area (Å²) < 4.78 is 0. The van der Waals surface area contributed by atoms with Crippen LogP contribution in [0.25, 0.3) is 0 Å². The molecule has 0 aromatic rings. The van der Waals surface area contributed by atoms with Gasteiger partial charge in [0.1, 0.15) is 0 Å². The van der Waals surface area contributed by atoms with E-state index < -0.39 is 0 Å². The molecular weight excluding hydrogens is 150 g/mol. The number of thiol groups is 2. The second kappa shape index (κ2) is 3.17. The Morgan fingerprint density at radius 3 is 2.33 bits per heavy atom. The Bertz CT molecular complexity index is 97.1. The summed E-state index contributed by atoms with van der Waals surface area (Å²) in [5, 5.41) is 0.928. The SMILES string of the molecule is NC1CC(S)CCC1S. The molecule has 2 N–H and O–H groups in total. The first kappa shape index (κ1) is 7.76. The molecule has 0 aromatic heterocycles. The molecule has 9 heavy (non-hydrogen) atoms. The van der Waals surface area contributed by atoms with Crippen molar-refractivity contribution < 1.29 is 0 Å². The van der Waals surface area contributed by atoms with E-state index in [9.17, 15) is 0 Å². The smallest absolute Gasteiger partial charge is 0.0169 e. The number of rotatable bonds is 0. The van der Waals surface area contributed by atoms with Crippen molar-refractivity contribution in [3.63, 3.8) is 0 Å². The van der Waals surface area contributed by atoms with Crippen molar-refractivity contribution >= 4 is 25.3 Å². The van der Waals surface area contributed by atoms with E-state index in [1.807, 2.05) is 0 Å². The molecule has 0 saturated heterocycles. The fraction of sp³-hybridized carbons (Fsp3) is 1.00. The van der Waals surface area contributed by atoms with Gasteiger partial charge in [0.05, 0.1) is 0 Å². The van der Waals surface area contributed by atoms with Crippen molar-refractivity contribution in [3.05, 3.63) is 0 Å². The first-order valence-electron chi connectivity index (χ1n) is 3.32. The van der Waals surface area contributed by atoms with Crippen LogP contribution in [0.1, 0.15) is 19.3 Å². The van der Waals surface area contributed by atoms with E-state index in [0.717, 1.165) is 12.8 Å². The van der Waals surface area contributed by atoms with E-state index in [0.29, 0.717) is 10.5 Å². The molecule has 0 amide bonds. The Hall–Kier alpha value is 0.660. The van der Waals surface area contributed by atoms with Crippen LogP contribution in [0.2, 0.25) is 0 Å². The second-order valence-electron chi connectivity index (χ2n) is 2.70. The Kier molecular flexibility index (Phi) is 2.73. The zero-order chi connectivity index (χ0) is 6.85. The van der Waals surface area contributed by atoms with E-state index >= 15 is 0 Å². The molecule has 0 radical (unpaired) electrons. The van der Waals surface area contributed by atoms with Crippen molar-refractivity contribution in [1.82, 2.24) is 0 Å². The summed E-state index contributed by atoms with van der Waals surface area (Å²) in [5.41, 5.74) is 5.74. The number of hydrogen-bond acceptors (Lipinski definition) is 3. The molecule has 1 aliphatic carbocycles. The van der Waals surface area contributed by atoms with Crippen LogP contribution in [0.4, 0.5) is 0 Å². The zero-order valence-electron chi connectivity index (χ0n) is 5.33. The maximum absolute atomic E-state index is 5.74. The van der Waals surface area contributed by atoms with Crippen molar-refractivity contribution in [2.24, 2.45) is 5.73 Å². The first-order valence-corrected chi connectivity index (χ1v) is 4.35. The second-order valence-corrected chi connectivity index (χ2v) is 4.09. The van der Waals surface area contributed by atoms with Gasteiger partial charge in [0.2, 0.25) is 0 Å². The molecule has 1 fully saturated rings. The van der Waals surface area contributed by atoms with E-state index in [1.165, 1.54) is 6.42 Å². The van der Waals surface area contributed by atoms with Crippen molar-refractivity contribution in [2.75, 3.05) is 0 Å². The molecule has 1 nitrogen and oxygen atoms in total. The molecule has 3 unspecified atom stereocenters. The molecule has 3 atom stereocenters. The number of nitrogens with two attached hydrogens (primary N) is 1. The highest BCUT2D eigenvalue weighted by Gasteiger charge is 2.22. The van der Waals surface area contributed by atoms with Gasteiger partial charge in [0.25, 0.3) is 0 Å². The molecule has 3 heteroatoms. The van der Waals surface area contributed by atoms with Crippen LogP contribution in [0.15, 0.2) is 0 Å².